The lowest BCUT2D eigenvalue weighted by atomic mass is 10.1. The Morgan fingerprint density at radius 2 is 1.46 bits per heavy atom. The topological polar surface area (TPSA) is 23.5 Å². The summed E-state index contributed by atoms with van der Waals surface area (Å²) < 4.78 is 2.44. The van der Waals surface area contributed by atoms with Gasteiger partial charge in [-0.2, -0.15) is 0 Å². The Morgan fingerprint density at radius 1 is 0.885 bits per heavy atom. The second kappa shape index (κ2) is 7.83. The Morgan fingerprint density at radius 3 is 2.00 bits per heavy atom. The molecule has 1 heterocycles. The van der Waals surface area contributed by atoms with Gasteiger partial charge in [-0.1, -0.05) is 81.4 Å². The van der Waals surface area contributed by atoms with Crippen molar-refractivity contribution < 1.29 is 5.11 Å². The van der Waals surface area contributed by atoms with Gasteiger partial charge in [-0.05, 0) is 40.0 Å². The van der Waals surface area contributed by atoms with Crippen LogP contribution < -0.4 is 0 Å². The summed E-state index contributed by atoms with van der Waals surface area (Å²) in [5.74, 6) is 0. The third-order valence-corrected chi connectivity index (χ3v) is 9.39. The highest BCUT2D eigenvalue weighted by molar-refractivity contribution is 8.37. The van der Waals surface area contributed by atoms with Crippen molar-refractivity contribution in [1.82, 2.24) is 4.31 Å². The van der Waals surface area contributed by atoms with Gasteiger partial charge in [-0.3, -0.25) is 4.31 Å². The minimum absolute atomic E-state index is 0.672. The minimum atomic E-state index is -1.70. The quantitative estimate of drug-likeness (QED) is 0.661. The molecule has 2 nitrogen and oxygen atoms in total. The maximum Gasteiger partial charge on any atom is 0.138 e. The van der Waals surface area contributed by atoms with Gasteiger partial charge >= 0.3 is 0 Å². The molecule has 0 saturated heterocycles. The highest BCUT2D eigenvalue weighted by Gasteiger charge is 2.48. The molecular formula is C23H29NOS. The first-order valence-electron chi connectivity index (χ1n) is 9.42. The van der Waals surface area contributed by atoms with E-state index in [9.17, 15) is 5.11 Å². The first kappa shape index (κ1) is 19.0. The highest BCUT2D eigenvalue weighted by Crippen LogP contribution is 2.71. The monoisotopic (exact) mass is 367 g/mol. The van der Waals surface area contributed by atoms with Crippen LogP contribution in [0.3, 0.4) is 0 Å². The molecule has 0 spiro atoms. The maximum absolute atomic E-state index is 12.0. The molecule has 0 amide bonds. The Labute approximate surface area is 159 Å². The lowest BCUT2D eigenvalue weighted by Gasteiger charge is -2.53. The molecule has 0 fully saturated rings. The van der Waals surface area contributed by atoms with Crippen LogP contribution in [0.4, 0.5) is 0 Å². The minimum Gasteiger partial charge on any atom is -0.375 e. The smallest absolute Gasteiger partial charge is 0.138 e. The van der Waals surface area contributed by atoms with Crippen molar-refractivity contribution >= 4 is 15.8 Å². The van der Waals surface area contributed by atoms with Crippen molar-refractivity contribution in [3.8, 4) is 0 Å². The summed E-state index contributed by atoms with van der Waals surface area (Å²) in [6, 6.07) is 20.6. The van der Waals surface area contributed by atoms with Gasteiger partial charge in [0, 0.05) is 13.1 Å². The van der Waals surface area contributed by atoms with Crippen molar-refractivity contribution in [1.29, 1.82) is 0 Å². The summed E-state index contributed by atoms with van der Waals surface area (Å²) in [5.41, 5.74) is 3.41. The third kappa shape index (κ3) is 3.05. The first-order valence-corrected chi connectivity index (χ1v) is 11.1. The fourth-order valence-electron chi connectivity index (χ4n) is 3.80. The molecule has 0 radical (unpaired) electrons. The number of benzene rings is 2. The number of aliphatic hydroxyl groups is 1. The molecule has 2 aromatic rings. The molecule has 3 rings (SSSR count). The van der Waals surface area contributed by atoms with Crippen molar-refractivity contribution in [2.24, 2.45) is 0 Å². The Kier molecular flexibility index (Phi) is 5.71. The summed E-state index contributed by atoms with van der Waals surface area (Å²) in [5, 5.41) is 16.7. The van der Waals surface area contributed by atoms with Crippen LogP contribution in [0.25, 0.3) is 5.57 Å². The predicted octanol–water partition coefficient (Wildman–Crippen LogP) is 5.87. The fourth-order valence-corrected chi connectivity index (χ4v) is 7.84. The standard InChI is InChI=1S/C23H29NOS/c1-4-23(25,22-15-11-8-12-16-22)26(24(5-2)6-3)18-17-21(19-26)20-13-9-7-10-14-20/h7-19,25H,4-6H2,1-3H3. The van der Waals surface area contributed by atoms with Crippen LogP contribution in [0, 0.1) is 0 Å². The second-order valence-corrected chi connectivity index (χ2v) is 9.58. The fraction of sp³-hybridized carbons (Fsp3) is 0.304. The zero-order valence-electron chi connectivity index (χ0n) is 15.9. The lowest BCUT2D eigenvalue weighted by molar-refractivity contribution is 0.123. The Hall–Kier alpha value is -1.81. The van der Waals surface area contributed by atoms with Gasteiger partial charge in [0.05, 0.1) is 0 Å². The van der Waals surface area contributed by atoms with Crippen molar-refractivity contribution in [2.75, 3.05) is 13.1 Å². The van der Waals surface area contributed by atoms with E-state index in [1.165, 1.54) is 11.1 Å². The van der Waals surface area contributed by atoms with E-state index in [0.29, 0.717) is 6.42 Å². The zero-order valence-corrected chi connectivity index (χ0v) is 16.7. The summed E-state index contributed by atoms with van der Waals surface area (Å²) >= 11 is 0. The third-order valence-electron chi connectivity index (χ3n) is 5.25. The van der Waals surface area contributed by atoms with Gasteiger partial charge in [0.25, 0.3) is 0 Å². The molecule has 3 heteroatoms. The van der Waals surface area contributed by atoms with Crippen LogP contribution in [-0.2, 0) is 4.93 Å². The van der Waals surface area contributed by atoms with E-state index < -0.39 is 15.1 Å². The van der Waals surface area contributed by atoms with E-state index in [2.05, 4.69) is 78.4 Å². The van der Waals surface area contributed by atoms with Gasteiger partial charge in [-0.25, -0.2) is 0 Å². The molecule has 1 aliphatic rings. The summed E-state index contributed by atoms with van der Waals surface area (Å²) in [4.78, 5) is -0.909. The second-order valence-electron chi connectivity index (χ2n) is 6.53. The van der Waals surface area contributed by atoms with E-state index in [1.54, 1.807) is 0 Å². The van der Waals surface area contributed by atoms with Gasteiger partial charge in [0.15, 0.2) is 0 Å². The number of nitrogens with zero attached hydrogens (tertiary/aromatic N) is 1. The molecule has 2 unspecified atom stereocenters. The van der Waals surface area contributed by atoms with Crippen molar-refractivity contribution in [3.63, 3.8) is 0 Å². The largest absolute Gasteiger partial charge is 0.375 e. The molecule has 2 aromatic carbocycles. The molecule has 0 saturated carbocycles. The highest BCUT2D eigenvalue weighted by atomic mass is 32.3. The van der Waals surface area contributed by atoms with Crippen LogP contribution in [0.5, 0.6) is 0 Å². The molecule has 1 N–H and O–H groups in total. The molecular weight excluding hydrogens is 338 g/mol. The van der Waals surface area contributed by atoms with Crippen LogP contribution >= 0.6 is 10.2 Å². The molecule has 26 heavy (non-hydrogen) atoms. The van der Waals surface area contributed by atoms with E-state index in [1.807, 2.05) is 24.3 Å². The van der Waals surface area contributed by atoms with Crippen LogP contribution in [0.1, 0.15) is 38.3 Å². The van der Waals surface area contributed by atoms with Gasteiger partial charge in [0.2, 0.25) is 0 Å². The first-order chi connectivity index (χ1) is 12.6. The Balaban J connectivity index is 2.18. The summed E-state index contributed by atoms with van der Waals surface area (Å²) in [6.45, 7) is 8.27. The van der Waals surface area contributed by atoms with E-state index in [4.69, 9.17) is 0 Å². The average Bonchev–Trinajstić information content (AvgIpc) is 3.16. The predicted molar refractivity (Wildman–Crippen MR) is 115 cm³/mol. The molecule has 1 aliphatic heterocycles. The number of rotatable bonds is 7. The zero-order chi connectivity index (χ0) is 18.6. The SMILES string of the molecule is CCN(CC)S1(C(O)(CC)c2ccccc2)C=CC(c2ccccc2)=C1. The summed E-state index contributed by atoms with van der Waals surface area (Å²) in [7, 11) is -1.70. The van der Waals surface area contributed by atoms with E-state index >= 15 is 0 Å². The molecule has 138 valence electrons. The number of allylic oxidation sites excluding steroid dienone is 2. The van der Waals surface area contributed by atoms with Crippen LogP contribution in [0.2, 0.25) is 0 Å². The van der Waals surface area contributed by atoms with Gasteiger partial charge in [-0.15, -0.1) is 10.2 Å². The molecule has 0 bridgehead atoms. The van der Waals surface area contributed by atoms with Gasteiger partial charge in [0.1, 0.15) is 4.93 Å². The van der Waals surface area contributed by atoms with E-state index in [0.717, 1.165) is 18.7 Å². The van der Waals surface area contributed by atoms with Crippen LogP contribution in [0.15, 0.2) is 77.6 Å². The average molecular weight is 368 g/mol. The summed E-state index contributed by atoms with van der Waals surface area (Å²) in [6.07, 6.45) is 2.87. The maximum atomic E-state index is 12.0. The Bertz CT molecular complexity index is 782. The van der Waals surface area contributed by atoms with Crippen molar-refractivity contribution in [2.45, 2.75) is 32.1 Å². The molecule has 0 aliphatic carbocycles. The normalized spacial score (nSPS) is 24.1. The number of hydrogen-bond donors (Lipinski definition) is 1. The number of hydrogen-bond acceptors (Lipinski definition) is 2. The lowest BCUT2D eigenvalue weighted by Crippen LogP contribution is -2.40. The molecule has 2 atom stereocenters. The van der Waals surface area contributed by atoms with Crippen LogP contribution in [-0.4, -0.2) is 22.5 Å². The van der Waals surface area contributed by atoms with E-state index in [-0.39, 0.29) is 0 Å². The molecule has 0 aromatic heterocycles. The van der Waals surface area contributed by atoms with Crippen molar-refractivity contribution in [3.05, 3.63) is 88.7 Å². The van der Waals surface area contributed by atoms with Gasteiger partial charge < -0.3 is 5.11 Å².